The molecule has 1 amide bonds. The molecule has 3 rings (SSSR count). The number of nitrogens with one attached hydrogen (secondary N) is 3. The maximum Gasteiger partial charge on any atom is 0.243 e. The molecule has 0 bridgehead atoms. The van der Waals surface area contributed by atoms with E-state index >= 15 is 0 Å². The molecule has 0 spiro atoms. The zero-order valence-electron chi connectivity index (χ0n) is 15.0. The summed E-state index contributed by atoms with van der Waals surface area (Å²) in [6, 6.07) is 12.0. The first kappa shape index (κ1) is 21.6. The van der Waals surface area contributed by atoms with Crippen molar-refractivity contribution in [2.24, 2.45) is 4.99 Å². The largest absolute Gasteiger partial charge is 0.356 e. The molecular weight excluding hydrogens is 521 g/mol. The quantitative estimate of drug-likeness (QED) is 0.297. The molecule has 1 saturated carbocycles. The fraction of sp³-hybridized carbons (Fsp3) is 0.316. The van der Waals surface area contributed by atoms with Gasteiger partial charge in [-0.25, -0.2) is 0 Å². The highest BCUT2D eigenvalue weighted by Crippen LogP contribution is 2.48. The summed E-state index contributed by atoms with van der Waals surface area (Å²) in [6.07, 6.45) is 5.57. The number of carbonyl (C=O) groups is 1. The molecule has 0 atom stereocenters. The van der Waals surface area contributed by atoms with Crippen LogP contribution >= 0.6 is 39.9 Å². The van der Waals surface area contributed by atoms with E-state index in [-0.39, 0.29) is 41.8 Å². The Labute approximate surface area is 184 Å². The normalized spacial score (nSPS) is 14.7. The highest BCUT2D eigenvalue weighted by Gasteiger charge is 2.44. The summed E-state index contributed by atoms with van der Waals surface area (Å²) in [5.41, 5.74) is 2.15. The van der Waals surface area contributed by atoms with Crippen LogP contribution in [0.15, 0.2) is 58.3 Å². The lowest BCUT2D eigenvalue weighted by Crippen LogP contribution is -2.44. The fourth-order valence-corrected chi connectivity index (χ4v) is 3.22. The minimum Gasteiger partial charge on any atom is -0.356 e. The summed E-state index contributed by atoms with van der Waals surface area (Å²) in [5, 5.41) is 9.18. The molecule has 2 aromatic rings. The summed E-state index contributed by atoms with van der Waals surface area (Å²) in [6.45, 7) is 0.922. The number of aliphatic imine (C=N–C) groups is 1. The van der Waals surface area contributed by atoms with E-state index < -0.39 is 0 Å². The van der Waals surface area contributed by atoms with Crippen LogP contribution in [0.25, 0.3) is 0 Å². The summed E-state index contributed by atoms with van der Waals surface area (Å²) in [4.78, 5) is 20.2. The van der Waals surface area contributed by atoms with Crippen LogP contribution in [0.1, 0.15) is 18.4 Å². The van der Waals surface area contributed by atoms with Gasteiger partial charge >= 0.3 is 0 Å². The standard InChI is InChI=1S/C19H22BrN5O.HI/c1-21-18(23-12-17(26)25-16-6-3-9-22-11-16)24-13-19(7-8-19)14-4-2-5-15(20)10-14;/h2-6,9-11H,7-8,12-13H2,1H3,(H,25,26)(H2,21,23,24);1H. The number of amides is 1. The van der Waals surface area contributed by atoms with Gasteiger partial charge in [0.2, 0.25) is 5.91 Å². The number of hydrogen-bond acceptors (Lipinski definition) is 3. The lowest BCUT2D eigenvalue weighted by atomic mass is 9.96. The van der Waals surface area contributed by atoms with Crippen molar-refractivity contribution in [2.45, 2.75) is 18.3 Å². The summed E-state index contributed by atoms with van der Waals surface area (Å²) in [7, 11) is 1.70. The number of carbonyl (C=O) groups excluding carboxylic acids is 1. The molecule has 27 heavy (non-hydrogen) atoms. The van der Waals surface area contributed by atoms with Crippen LogP contribution in [-0.4, -0.2) is 37.0 Å². The molecule has 144 valence electrons. The third-order valence-corrected chi connectivity index (χ3v) is 4.96. The first-order valence-electron chi connectivity index (χ1n) is 8.52. The Morgan fingerprint density at radius 3 is 2.70 bits per heavy atom. The predicted molar refractivity (Wildman–Crippen MR) is 123 cm³/mol. The van der Waals surface area contributed by atoms with Crippen LogP contribution in [0.5, 0.6) is 0 Å². The Bertz CT molecular complexity index is 796. The van der Waals surface area contributed by atoms with Crippen molar-refractivity contribution in [3.05, 3.63) is 58.8 Å². The van der Waals surface area contributed by atoms with Crippen molar-refractivity contribution in [3.63, 3.8) is 0 Å². The number of rotatable bonds is 6. The minimum atomic E-state index is -0.144. The maximum atomic E-state index is 12.0. The maximum absolute atomic E-state index is 12.0. The molecule has 1 aromatic heterocycles. The zero-order chi connectivity index (χ0) is 18.4. The van der Waals surface area contributed by atoms with Gasteiger partial charge in [-0.1, -0.05) is 28.1 Å². The molecule has 6 nitrogen and oxygen atoms in total. The minimum absolute atomic E-state index is 0. The SMILES string of the molecule is CN=C(NCC(=O)Nc1cccnc1)NCC1(c2cccc(Br)c2)CC1.I. The van der Waals surface area contributed by atoms with Crippen LogP contribution in [0.3, 0.4) is 0 Å². The van der Waals surface area contributed by atoms with Gasteiger partial charge in [-0.15, -0.1) is 24.0 Å². The second-order valence-corrected chi connectivity index (χ2v) is 7.28. The number of anilines is 1. The van der Waals surface area contributed by atoms with Crippen LogP contribution in [0.4, 0.5) is 5.69 Å². The molecule has 1 aliphatic rings. The van der Waals surface area contributed by atoms with E-state index in [2.05, 4.69) is 60.1 Å². The van der Waals surface area contributed by atoms with Crippen molar-refractivity contribution in [2.75, 3.05) is 25.5 Å². The lowest BCUT2D eigenvalue weighted by Gasteiger charge is -2.19. The number of nitrogens with zero attached hydrogens (tertiary/aromatic N) is 2. The molecule has 0 saturated heterocycles. The second kappa shape index (κ2) is 10.0. The average molecular weight is 544 g/mol. The highest BCUT2D eigenvalue weighted by molar-refractivity contribution is 14.0. The van der Waals surface area contributed by atoms with Crippen molar-refractivity contribution in [3.8, 4) is 0 Å². The number of halogens is 2. The number of guanidine groups is 1. The van der Waals surface area contributed by atoms with Gasteiger partial charge in [-0.05, 0) is 42.7 Å². The van der Waals surface area contributed by atoms with E-state index in [1.807, 2.05) is 6.07 Å². The van der Waals surface area contributed by atoms with Crippen molar-refractivity contribution < 1.29 is 4.79 Å². The van der Waals surface area contributed by atoms with E-state index in [9.17, 15) is 4.79 Å². The molecule has 1 fully saturated rings. The molecule has 8 heteroatoms. The third kappa shape index (κ3) is 6.17. The van der Waals surface area contributed by atoms with Crippen LogP contribution in [0.2, 0.25) is 0 Å². The summed E-state index contributed by atoms with van der Waals surface area (Å²) in [5.74, 6) is 0.474. The molecule has 1 aliphatic carbocycles. The van der Waals surface area contributed by atoms with E-state index in [0.29, 0.717) is 11.6 Å². The number of pyridine rings is 1. The third-order valence-electron chi connectivity index (χ3n) is 4.47. The van der Waals surface area contributed by atoms with Crippen molar-refractivity contribution in [1.82, 2.24) is 15.6 Å². The predicted octanol–water partition coefficient (Wildman–Crippen LogP) is 3.30. The van der Waals surface area contributed by atoms with Gasteiger partial charge in [0.1, 0.15) is 0 Å². The van der Waals surface area contributed by atoms with Gasteiger partial charge in [0.15, 0.2) is 5.96 Å². The molecule has 1 aromatic carbocycles. The Morgan fingerprint density at radius 2 is 2.07 bits per heavy atom. The summed E-state index contributed by atoms with van der Waals surface area (Å²) < 4.78 is 1.09. The monoisotopic (exact) mass is 543 g/mol. The van der Waals surface area contributed by atoms with Gasteiger partial charge in [0, 0.05) is 29.7 Å². The van der Waals surface area contributed by atoms with E-state index in [0.717, 1.165) is 23.9 Å². The highest BCUT2D eigenvalue weighted by atomic mass is 127. The van der Waals surface area contributed by atoms with Crippen LogP contribution < -0.4 is 16.0 Å². The molecule has 0 unspecified atom stereocenters. The van der Waals surface area contributed by atoms with Gasteiger partial charge < -0.3 is 16.0 Å². The first-order chi connectivity index (χ1) is 12.6. The van der Waals surface area contributed by atoms with Gasteiger partial charge in [0.25, 0.3) is 0 Å². The zero-order valence-corrected chi connectivity index (χ0v) is 19.0. The van der Waals surface area contributed by atoms with Gasteiger partial charge in [-0.3, -0.25) is 14.8 Å². The Morgan fingerprint density at radius 1 is 1.26 bits per heavy atom. The average Bonchev–Trinajstić information content (AvgIpc) is 3.44. The number of hydrogen-bond donors (Lipinski definition) is 3. The Hall–Kier alpha value is -1.68. The van der Waals surface area contributed by atoms with E-state index in [1.54, 1.807) is 31.6 Å². The fourth-order valence-electron chi connectivity index (χ4n) is 2.82. The first-order valence-corrected chi connectivity index (χ1v) is 9.31. The van der Waals surface area contributed by atoms with E-state index in [1.165, 1.54) is 5.56 Å². The topological polar surface area (TPSA) is 78.4 Å². The second-order valence-electron chi connectivity index (χ2n) is 6.36. The smallest absolute Gasteiger partial charge is 0.243 e. The molecule has 3 N–H and O–H groups in total. The van der Waals surface area contributed by atoms with Gasteiger partial charge in [0.05, 0.1) is 18.4 Å². The molecule has 0 aliphatic heterocycles. The number of aromatic nitrogens is 1. The molecule has 0 radical (unpaired) electrons. The lowest BCUT2D eigenvalue weighted by molar-refractivity contribution is -0.115. The Kier molecular flexibility index (Phi) is 8.03. The van der Waals surface area contributed by atoms with Crippen LogP contribution in [-0.2, 0) is 10.2 Å². The Balaban J connectivity index is 0.00000261. The van der Waals surface area contributed by atoms with Gasteiger partial charge in [-0.2, -0.15) is 0 Å². The molecule has 1 heterocycles. The summed E-state index contributed by atoms with van der Waals surface area (Å²) >= 11 is 3.54. The van der Waals surface area contributed by atoms with Crippen molar-refractivity contribution in [1.29, 1.82) is 0 Å². The molecular formula is C19H23BrIN5O. The number of benzene rings is 1. The van der Waals surface area contributed by atoms with Crippen LogP contribution in [0, 0.1) is 0 Å². The van der Waals surface area contributed by atoms with Crippen molar-refractivity contribution >= 4 is 57.5 Å². The van der Waals surface area contributed by atoms with E-state index in [4.69, 9.17) is 0 Å².